The minimum atomic E-state index is -0.485. The quantitative estimate of drug-likeness (QED) is 0.175. The van der Waals surface area contributed by atoms with Gasteiger partial charge in [-0.1, -0.05) is 117 Å². The Hall–Kier alpha value is -6.30. The zero-order valence-corrected chi connectivity index (χ0v) is 27.2. The Bertz CT molecular complexity index is 2780. The molecule has 1 aliphatic carbocycles. The molecule has 0 saturated carbocycles. The highest BCUT2D eigenvalue weighted by molar-refractivity contribution is 6.13. The third-order valence-corrected chi connectivity index (χ3v) is 9.66. The number of para-hydroxylation sites is 4. The minimum Gasteiger partial charge on any atom is -0.311 e. The molecule has 0 spiro atoms. The van der Waals surface area contributed by atoms with Gasteiger partial charge in [-0.05, 0) is 101 Å². The number of benzene rings is 7. The fraction of sp³-hybridized carbons (Fsp3) is 0.0638. The highest BCUT2D eigenvalue weighted by atomic mass is 15.1. The van der Waals surface area contributed by atoms with Crippen LogP contribution in [-0.2, 0) is 5.41 Å². The average molecular weight is 632 g/mol. The molecule has 0 saturated heterocycles. The van der Waals surface area contributed by atoms with E-state index in [0.29, 0.717) is 0 Å². The number of rotatable bonds is 4. The fourth-order valence-corrected chi connectivity index (χ4v) is 7.45. The first-order valence-corrected chi connectivity index (χ1v) is 16.5. The zero-order chi connectivity index (χ0) is 37.3. The van der Waals surface area contributed by atoms with Crippen molar-refractivity contribution in [1.29, 1.82) is 0 Å². The van der Waals surface area contributed by atoms with Gasteiger partial charge in [0.15, 0.2) is 0 Å². The van der Waals surface area contributed by atoms with E-state index in [4.69, 9.17) is 6.85 Å². The van der Waals surface area contributed by atoms with E-state index in [2.05, 4.69) is 109 Å². The molecule has 7 aromatic carbocycles. The van der Waals surface area contributed by atoms with Crippen molar-refractivity contribution in [2.24, 2.45) is 0 Å². The molecule has 0 aliphatic heterocycles. The van der Waals surface area contributed by atoms with Crippen LogP contribution in [0.25, 0.3) is 38.6 Å². The average Bonchev–Trinajstić information content (AvgIpc) is 3.65. The minimum absolute atomic E-state index is 0.153. The van der Waals surface area contributed by atoms with E-state index in [9.17, 15) is 0 Å². The summed E-state index contributed by atoms with van der Waals surface area (Å²) in [4.78, 5) is 2.23. The van der Waals surface area contributed by atoms with Crippen molar-refractivity contribution in [1.82, 2.24) is 4.57 Å². The van der Waals surface area contributed by atoms with Crippen molar-refractivity contribution >= 4 is 38.9 Å². The molecule has 0 bridgehead atoms. The van der Waals surface area contributed by atoms with Gasteiger partial charge in [-0.3, -0.25) is 0 Å². The molecule has 0 unspecified atom stereocenters. The lowest BCUT2D eigenvalue weighted by Gasteiger charge is -2.25. The van der Waals surface area contributed by atoms with Gasteiger partial charge >= 0.3 is 0 Å². The van der Waals surface area contributed by atoms with Gasteiger partial charge in [0.2, 0.25) is 0 Å². The molecular formula is C47H34N2. The second-order valence-electron chi connectivity index (χ2n) is 12.9. The maximum absolute atomic E-state index is 8.93. The number of hydrogen-bond acceptors (Lipinski definition) is 1. The fourth-order valence-electron chi connectivity index (χ4n) is 7.45. The van der Waals surface area contributed by atoms with E-state index in [1.54, 1.807) is 0 Å². The summed E-state index contributed by atoms with van der Waals surface area (Å²) in [6.07, 6.45) is 0. The number of fused-ring (bicyclic) bond motifs is 7. The van der Waals surface area contributed by atoms with E-state index in [0.717, 1.165) is 72.2 Å². The molecule has 1 aliphatic rings. The molecule has 49 heavy (non-hydrogen) atoms. The van der Waals surface area contributed by atoms with Gasteiger partial charge in [-0.2, -0.15) is 0 Å². The highest BCUT2D eigenvalue weighted by Gasteiger charge is 2.38. The van der Waals surface area contributed by atoms with Gasteiger partial charge in [0.1, 0.15) is 0 Å². The molecule has 0 fully saturated rings. The van der Waals surface area contributed by atoms with Crippen LogP contribution in [0.1, 0.15) is 43.0 Å². The molecule has 0 atom stereocenters. The predicted molar refractivity (Wildman–Crippen MR) is 205 cm³/mol. The lowest BCUT2D eigenvalue weighted by Crippen LogP contribution is -2.16. The first-order chi connectivity index (χ1) is 26.1. The second-order valence-corrected chi connectivity index (χ2v) is 12.9. The lowest BCUT2D eigenvalue weighted by atomic mass is 9.81. The Morgan fingerprint density at radius 1 is 0.571 bits per heavy atom. The van der Waals surface area contributed by atoms with E-state index in [-0.39, 0.29) is 29.9 Å². The van der Waals surface area contributed by atoms with Gasteiger partial charge in [-0.25, -0.2) is 0 Å². The molecule has 1 heterocycles. The monoisotopic (exact) mass is 631 g/mol. The Labute approximate surface area is 294 Å². The summed E-state index contributed by atoms with van der Waals surface area (Å²) in [6.45, 7) is 4.39. The van der Waals surface area contributed by atoms with Crippen LogP contribution in [0, 0.1) is 11.8 Å². The molecule has 8 aromatic rings. The first-order valence-electron chi connectivity index (χ1n) is 19.0. The van der Waals surface area contributed by atoms with Crippen molar-refractivity contribution in [3.63, 3.8) is 0 Å². The molecule has 1 aromatic heterocycles. The van der Waals surface area contributed by atoms with Crippen molar-refractivity contribution in [3.05, 3.63) is 192 Å². The Balaban J connectivity index is 1.13. The number of aromatic nitrogens is 1. The third-order valence-electron chi connectivity index (χ3n) is 9.66. The molecule has 232 valence electrons. The van der Waals surface area contributed by atoms with Crippen molar-refractivity contribution in [2.75, 3.05) is 4.90 Å². The summed E-state index contributed by atoms with van der Waals surface area (Å²) in [7, 11) is 0. The molecular weight excluding hydrogens is 593 g/mol. The van der Waals surface area contributed by atoms with Crippen LogP contribution >= 0.6 is 0 Å². The van der Waals surface area contributed by atoms with Crippen LogP contribution < -0.4 is 4.90 Å². The van der Waals surface area contributed by atoms with E-state index in [1.807, 2.05) is 65.2 Å². The van der Waals surface area contributed by atoms with Crippen LogP contribution in [0.15, 0.2) is 170 Å². The maximum Gasteiger partial charge on any atom is 0.0645 e. The molecule has 0 N–H and O–H groups in total. The van der Waals surface area contributed by atoms with E-state index < -0.39 is 11.5 Å². The maximum atomic E-state index is 8.93. The van der Waals surface area contributed by atoms with Crippen molar-refractivity contribution in [3.8, 4) is 28.7 Å². The summed E-state index contributed by atoms with van der Waals surface area (Å²) in [6, 6.07) is 45.9. The third kappa shape index (κ3) is 4.74. The largest absolute Gasteiger partial charge is 0.311 e. The standard InChI is InChI=1S/C47H34N2/c1-47(2)43-32-34(23-22-33-24-27-38(28-25-33)48(35-14-6-3-7-15-35)36-16-8-4-9-17-36)26-29-39(43)41-30-31-42-40-20-12-13-21-44(40)49(46(42)45(41)47)37-18-10-5-11-19-37/h3-21,24-32H,1-2H3/i5D,10D,11D,18D,19D. The van der Waals surface area contributed by atoms with Crippen LogP contribution in [-0.4, -0.2) is 4.57 Å². The van der Waals surface area contributed by atoms with Crippen molar-refractivity contribution in [2.45, 2.75) is 19.3 Å². The highest BCUT2D eigenvalue weighted by Crippen LogP contribution is 2.53. The summed E-state index contributed by atoms with van der Waals surface area (Å²) in [5, 5.41) is 1.93. The van der Waals surface area contributed by atoms with E-state index >= 15 is 0 Å². The van der Waals surface area contributed by atoms with Crippen LogP contribution in [0.3, 0.4) is 0 Å². The van der Waals surface area contributed by atoms with Gasteiger partial charge in [-0.15, -0.1) is 0 Å². The first kappa shape index (κ1) is 23.9. The predicted octanol–water partition coefficient (Wildman–Crippen LogP) is 12.0. The second kappa shape index (κ2) is 11.4. The number of anilines is 3. The normalized spacial score (nSPS) is 14.1. The summed E-state index contributed by atoms with van der Waals surface area (Å²) >= 11 is 0. The summed E-state index contributed by atoms with van der Waals surface area (Å²) in [5.74, 6) is 6.80. The zero-order valence-electron chi connectivity index (χ0n) is 32.2. The van der Waals surface area contributed by atoms with Crippen LogP contribution in [0.5, 0.6) is 0 Å². The number of nitrogens with zero attached hydrogens (tertiary/aromatic N) is 2. The smallest absolute Gasteiger partial charge is 0.0645 e. The topological polar surface area (TPSA) is 8.17 Å². The van der Waals surface area contributed by atoms with Crippen LogP contribution in [0.2, 0.25) is 0 Å². The van der Waals surface area contributed by atoms with Gasteiger partial charge < -0.3 is 9.47 Å². The molecule has 0 amide bonds. The molecule has 9 rings (SSSR count). The lowest BCUT2D eigenvalue weighted by molar-refractivity contribution is 0.663. The van der Waals surface area contributed by atoms with E-state index in [1.165, 1.54) is 0 Å². The summed E-state index contributed by atoms with van der Waals surface area (Å²) < 4.78 is 45.0. The Kier molecular flexibility index (Phi) is 5.59. The Morgan fingerprint density at radius 3 is 1.88 bits per heavy atom. The molecule has 2 heteroatoms. The van der Waals surface area contributed by atoms with Gasteiger partial charge in [0.05, 0.1) is 17.9 Å². The van der Waals surface area contributed by atoms with Crippen molar-refractivity contribution < 1.29 is 6.85 Å². The SMILES string of the molecule is [2H]c1c([2H])c([2H])c(-n2c3ccccc3c3ccc4c(c32)C(C)(C)c2cc(C#Cc3ccc(N(c5ccccc5)c5ccccc5)cc3)ccc2-4)c([2H])c1[2H]. The number of hydrogen-bond donors (Lipinski definition) is 0. The van der Waals surface area contributed by atoms with Gasteiger partial charge in [0.25, 0.3) is 0 Å². The van der Waals surface area contributed by atoms with Gasteiger partial charge in [0, 0.05) is 50.1 Å². The summed E-state index contributed by atoms with van der Waals surface area (Å²) in [5.41, 5.74) is 10.7. The van der Waals surface area contributed by atoms with Crippen LogP contribution in [0.4, 0.5) is 17.1 Å². The Morgan fingerprint density at radius 2 is 1.16 bits per heavy atom. The molecule has 2 nitrogen and oxygen atoms in total. The molecule has 0 radical (unpaired) electrons.